The molecule has 1 amide bonds. The van der Waals surface area contributed by atoms with E-state index in [2.05, 4.69) is 10.6 Å². The molecule has 1 aromatic carbocycles. The normalized spacial score (nSPS) is 21.5. The van der Waals surface area contributed by atoms with Crippen LogP contribution in [0, 0.1) is 5.82 Å². The van der Waals surface area contributed by atoms with Gasteiger partial charge in [-0.25, -0.2) is 9.18 Å². The zero-order valence-corrected chi connectivity index (χ0v) is 12.8. The summed E-state index contributed by atoms with van der Waals surface area (Å²) in [5, 5.41) is 6.13. The zero-order valence-electron chi connectivity index (χ0n) is 12.8. The van der Waals surface area contributed by atoms with Gasteiger partial charge in [0.1, 0.15) is 11.4 Å². The van der Waals surface area contributed by atoms with Crippen molar-refractivity contribution in [1.29, 1.82) is 0 Å². The Bertz CT molecular complexity index is 493. The van der Waals surface area contributed by atoms with Gasteiger partial charge in [0, 0.05) is 24.2 Å². The highest BCUT2D eigenvalue weighted by Gasteiger charge is 2.31. The summed E-state index contributed by atoms with van der Waals surface area (Å²) in [5.41, 5.74) is 0.192. The van der Waals surface area contributed by atoms with Crippen LogP contribution in [0.5, 0.6) is 0 Å². The van der Waals surface area contributed by atoms with Crippen molar-refractivity contribution in [3.63, 3.8) is 0 Å². The first-order valence-electron chi connectivity index (χ1n) is 7.30. The lowest BCUT2D eigenvalue weighted by Gasteiger charge is -2.36. The lowest BCUT2D eigenvalue weighted by molar-refractivity contribution is 0.0465. The molecular weight excluding hydrogens is 271 g/mol. The van der Waals surface area contributed by atoms with Crippen molar-refractivity contribution in [3.05, 3.63) is 35.6 Å². The first kappa shape index (κ1) is 15.8. The molecule has 116 valence electrons. The van der Waals surface area contributed by atoms with Crippen LogP contribution < -0.4 is 10.6 Å². The molecule has 1 aromatic rings. The van der Waals surface area contributed by atoms with Crippen molar-refractivity contribution in [3.8, 4) is 0 Å². The Morgan fingerprint density at radius 1 is 1.29 bits per heavy atom. The molecule has 5 heteroatoms. The van der Waals surface area contributed by atoms with Crippen LogP contribution in [0.2, 0.25) is 0 Å². The maximum absolute atomic E-state index is 13.5. The van der Waals surface area contributed by atoms with E-state index in [-0.39, 0.29) is 18.0 Å². The smallest absolute Gasteiger partial charge is 0.407 e. The van der Waals surface area contributed by atoms with Crippen LogP contribution in [-0.2, 0) is 11.3 Å². The average molecular weight is 294 g/mol. The number of carbonyl (C=O) groups excluding carboxylic acids is 1. The van der Waals surface area contributed by atoms with Gasteiger partial charge in [0.15, 0.2) is 0 Å². The number of ether oxygens (including phenoxy) is 1. The predicted molar refractivity (Wildman–Crippen MR) is 79.4 cm³/mol. The lowest BCUT2D eigenvalue weighted by Crippen LogP contribution is -2.53. The number of hydrogen-bond acceptors (Lipinski definition) is 3. The van der Waals surface area contributed by atoms with E-state index in [1.807, 2.05) is 26.8 Å². The number of nitrogens with one attached hydrogen (secondary N) is 2. The molecule has 1 aliphatic rings. The quantitative estimate of drug-likeness (QED) is 0.897. The molecule has 0 aromatic heterocycles. The van der Waals surface area contributed by atoms with Crippen molar-refractivity contribution in [2.75, 3.05) is 0 Å². The monoisotopic (exact) mass is 294 g/mol. The molecule has 0 unspecified atom stereocenters. The fourth-order valence-corrected chi connectivity index (χ4v) is 2.27. The molecule has 1 saturated carbocycles. The summed E-state index contributed by atoms with van der Waals surface area (Å²) in [7, 11) is 0. The van der Waals surface area contributed by atoms with Crippen molar-refractivity contribution in [2.24, 2.45) is 0 Å². The largest absolute Gasteiger partial charge is 0.444 e. The molecule has 0 aliphatic heterocycles. The van der Waals surface area contributed by atoms with E-state index < -0.39 is 5.60 Å². The second-order valence-corrected chi connectivity index (χ2v) is 6.48. The van der Waals surface area contributed by atoms with Crippen molar-refractivity contribution < 1.29 is 13.9 Å². The maximum Gasteiger partial charge on any atom is 0.407 e. The van der Waals surface area contributed by atoms with Gasteiger partial charge in [0.05, 0.1) is 0 Å². The third kappa shape index (κ3) is 5.01. The van der Waals surface area contributed by atoms with Crippen LogP contribution in [0.3, 0.4) is 0 Å². The highest BCUT2D eigenvalue weighted by atomic mass is 19.1. The molecule has 0 atom stereocenters. The van der Waals surface area contributed by atoms with Gasteiger partial charge in [-0.15, -0.1) is 0 Å². The van der Waals surface area contributed by atoms with E-state index in [9.17, 15) is 9.18 Å². The summed E-state index contributed by atoms with van der Waals surface area (Å²) in [6.07, 6.45) is 1.31. The molecule has 2 rings (SSSR count). The summed E-state index contributed by atoms with van der Waals surface area (Å²) < 4.78 is 18.7. The standard InChI is InChI=1S/C16H23FN2O2/c1-16(2,3)21-15(20)19-13-8-12(9-13)18-10-11-6-4-5-7-14(11)17/h4-7,12-13,18H,8-10H2,1-3H3,(H,19,20). The van der Waals surface area contributed by atoms with E-state index >= 15 is 0 Å². The minimum Gasteiger partial charge on any atom is -0.444 e. The number of hydrogen-bond donors (Lipinski definition) is 2. The predicted octanol–water partition coefficient (Wildman–Crippen LogP) is 2.97. The van der Waals surface area contributed by atoms with E-state index in [0.717, 1.165) is 12.8 Å². The van der Waals surface area contributed by atoms with E-state index in [0.29, 0.717) is 18.2 Å². The SMILES string of the molecule is CC(C)(C)OC(=O)NC1CC(NCc2ccccc2F)C1. The molecule has 0 saturated heterocycles. The first-order chi connectivity index (χ1) is 9.83. The van der Waals surface area contributed by atoms with E-state index in [4.69, 9.17) is 4.74 Å². The van der Waals surface area contributed by atoms with Crippen LogP contribution in [0.25, 0.3) is 0 Å². The van der Waals surface area contributed by atoms with Gasteiger partial charge < -0.3 is 15.4 Å². The second kappa shape index (κ2) is 6.43. The number of alkyl carbamates (subject to hydrolysis) is 1. The maximum atomic E-state index is 13.5. The minimum absolute atomic E-state index is 0.137. The Morgan fingerprint density at radius 2 is 1.95 bits per heavy atom. The lowest BCUT2D eigenvalue weighted by atomic mass is 9.86. The second-order valence-electron chi connectivity index (χ2n) is 6.48. The van der Waals surface area contributed by atoms with Gasteiger partial charge in [-0.05, 0) is 39.7 Å². The fraction of sp³-hybridized carbons (Fsp3) is 0.562. The molecule has 0 radical (unpaired) electrons. The van der Waals surface area contributed by atoms with Crippen LogP contribution >= 0.6 is 0 Å². The topological polar surface area (TPSA) is 50.4 Å². The van der Waals surface area contributed by atoms with Crippen LogP contribution in [-0.4, -0.2) is 23.8 Å². The summed E-state index contributed by atoms with van der Waals surface area (Å²) >= 11 is 0. The molecule has 1 aliphatic carbocycles. The van der Waals surface area contributed by atoms with Crippen molar-refractivity contribution >= 4 is 6.09 Å². The van der Waals surface area contributed by atoms with Gasteiger partial charge >= 0.3 is 6.09 Å². The third-order valence-corrected chi connectivity index (χ3v) is 3.40. The van der Waals surface area contributed by atoms with Gasteiger partial charge in [-0.2, -0.15) is 0 Å². The Labute approximate surface area is 125 Å². The third-order valence-electron chi connectivity index (χ3n) is 3.40. The molecule has 21 heavy (non-hydrogen) atoms. The highest BCUT2D eigenvalue weighted by molar-refractivity contribution is 5.68. The minimum atomic E-state index is -0.476. The number of amides is 1. The Morgan fingerprint density at radius 3 is 2.57 bits per heavy atom. The summed E-state index contributed by atoms with van der Waals surface area (Å²) in [5.74, 6) is -0.187. The number of rotatable bonds is 4. The van der Waals surface area contributed by atoms with Crippen molar-refractivity contribution in [2.45, 2.75) is 57.8 Å². The van der Waals surface area contributed by atoms with Gasteiger partial charge in [-0.3, -0.25) is 0 Å². The summed E-state index contributed by atoms with van der Waals surface area (Å²) in [6.45, 7) is 6.03. The molecule has 0 heterocycles. The van der Waals surface area contributed by atoms with E-state index in [1.54, 1.807) is 12.1 Å². The zero-order chi connectivity index (χ0) is 15.5. The highest BCUT2D eigenvalue weighted by Crippen LogP contribution is 2.21. The van der Waals surface area contributed by atoms with Crippen LogP contribution in [0.15, 0.2) is 24.3 Å². The summed E-state index contributed by atoms with van der Waals surface area (Å²) in [4.78, 5) is 11.6. The van der Waals surface area contributed by atoms with Crippen LogP contribution in [0.4, 0.5) is 9.18 Å². The van der Waals surface area contributed by atoms with Gasteiger partial charge in [0.25, 0.3) is 0 Å². The fourth-order valence-electron chi connectivity index (χ4n) is 2.27. The van der Waals surface area contributed by atoms with Crippen molar-refractivity contribution in [1.82, 2.24) is 10.6 Å². The molecule has 0 spiro atoms. The van der Waals surface area contributed by atoms with Gasteiger partial charge in [-0.1, -0.05) is 18.2 Å². The first-order valence-corrected chi connectivity index (χ1v) is 7.30. The average Bonchev–Trinajstić information content (AvgIpc) is 2.31. The molecule has 0 bridgehead atoms. The van der Waals surface area contributed by atoms with Crippen LogP contribution in [0.1, 0.15) is 39.2 Å². The molecule has 4 nitrogen and oxygen atoms in total. The Balaban J connectivity index is 1.66. The number of benzene rings is 1. The molecule has 2 N–H and O–H groups in total. The molecular formula is C16H23FN2O2. The Kier molecular flexibility index (Phi) is 4.83. The summed E-state index contributed by atoms with van der Waals surface area (Å²) in [6, 6.07) is 7.20. The van der Waals surface area contributed by atoms with Gasteiger partial charge in [0.2, 0.25) is 0 Å². The number of carbonyl (C=O) groups is 1. The van der Waals surface area contributed by atoms with E-state index in [1.165, 1.54) is 6.07 Å². The number of halogens is 1. The molecule has 1 fully saturated rings. The Hall–Kier alpha value is -1.62.